The summed E-state index contributed by atoms with van der Waals surface area (Å²) in [6.45, 7) is 4.75. The summed E-state index contributed by atoms with van der Waals surface area (Å²) in [5.74, 6) is 0. The van der Waals surface area contributed by atoms with Crippen molar-refractivity contribution < 1.29 is 13.2 Å². The van der Waals surface area contributed by atoms with Crippen LogP contribution < -0.4 is 5.32 Å². The molecule has 2 aromatic rings. The highest BCUT2D eigenvalue weighted by atomic mass is 32.1. The van der Waals surface area contributed by atoms with Gasteiger partial charge in [-0.2, -0.15) is 13.2 Å². The normalized spacial score (nSPS) is 12.1. The summed E-state index contributed by atoms with van der Waals surface area (Å²) in [4.78, 5) is 1.68. The lowest BCUT2D eigenvalue weighted by atomic mass is 10.1. The number of benzene rings is 1. The summed E-state index contributed by atoms with van der Waals surface area (Å²) in [6.07, 6.45) is -4.32. The topological polar surface area (TPSA) is 12.0 Å². The van der Waals surface area contributed by atoms with Crippen molar-refractivity contribution in [1.82, 2.24) is 5.32 Å². The Morgan fingerprint density at radius 3 is 2.45 bits per heavy atom. The van der Waals surface area contributed by atoms with Crippen LogP contribution >= 0.6 is 11.3 Å². The Morgan fingerprint density at radius 2 is 1.80 bits per heavy atom. The average molecular weight is 299 g/mol. The average Bonchev–Trinajstić information content (AvgIpc) is 2.84. The molecule has 0 aliphatic carbocycles. The quantitative estimate of drug-likeness (QED) is 0.844. The minimum Gasteiger partial charge on any atom is -0.310 e. The molecule has 0 atom stereocenters. The maximum absolute atomic E-state index is 13.0. The molecule has 1 heterocycles. The molecule has 0 fully saturated rings. The first-order valence-corrected chi connectivity index (χ1v) is 7.18. The van der Waals surface area contributed by atoms with E-state index in [0.29, 0.717) is 17.5 Å². The second-order valence-electron chi connectivity index (χ2n) is 4.84. The van der Waals surface area contributed by atoms with Gasteiger partial charge in [-0.05, 0) is 18.2 Å². The molecule has 20 heavy (non-hydrogen) atoms. The molecule has 1 N–H and O–H groups in total. The Hall–Kier alpha value is -1.33. The van der Waals surface area contributed by atoms with Crippen LogP contribution in [0.1, 0.15) is 24.3 Å². The van der Waals surface area contributed by atoms with Crippen molar-refractivity contribution in [3.05, 3.63) is 46.8 Å². The van der Waals surface area contributed by atoms with Gasteiger partial charge in [0, 0.05) is 27.9 Å². The molecule has 0 bridgehead atoms. The van der Waals surface area contributed by atoms with Crippen LogP contribution in [0.3, 0.4) is 0 Å². The second kappa shape index (κ2) is 5.97. The maximum atomic E-state index is 13.0. The fourth-order valence-corrected chi connectivity index (χ4v) is 2.87. The van der Waals surface area contributed by atoms with Gasteiger partial charge in [-0.15, -0.1) is 11.3 Å². The number of halogens is 3. The van der Waals surface area contributed by atoms with Crippen molar-refractivity contribution >= 4 is 11.3 Å². The molecule has 2 rings (SSSR count). The van der Waals surface area contributed by atoms with Crippen molar-refractivity contribution in [2.24, 2.45) is 0 Å². The Bertz CT molecular complexity index is 572. The molecule has 0 radical (unpaired) electrons. The molecular formula is C15H16F3NS. The standard InChI is InChI=1S/C15H16F3NS/c1-10(2)19-9-11-7-8-14(20-11)12-5-3-4-6-13(12)15(16,17)18/h3-8,10,19H,9H2,1-2H3. The third kappa shape index (κ3) is 3.61. The molecule has 0 saturated heterocycles. The Labute approximate surface area is 120 Å². The van der Waals surface area contributed by atoms with Gasteiger partial charge in [-0.1, -0.05) is 32.0 Å². The summed E-state index contributed by atoms with van der Waals surface area (Å²) < 4.78 is 39.0. The van der Waals surface area contributed by atoms with Crippen LogP contribution in [0.2, 0.25) is 0 Å². The molecule has 5 heteroatoms. The lowest BCUT2D eigenvalue weighted by Gasteiger charge is -2.11. The number of hydrogen-bond donors (Lipinski definition) is 1. The van der Waals surface area contributed by atoms with E-state index in [-0.39, 0.29) is 5.56 Å². The van der Waals surface area contributed by atoms with E-state index in [1.807, 2.05) is 19.9 Å². The smallest absolute Gasteiger partial charge is 0.310 e. The van der Waals surface area contributed by atoms with E-state index >= 15 is 0 Å². The van der Waals surface area contributed by atoms with Crippen LogP contribution in [0.4, 0.5) is 13.2 Å². The summed E-state index contributed by atoms with van der Waals surface area (Å²) in [5, 5.41) is 3.26. The maximum Gasteiger partial charge on any atom is 0.417 e. The fraction of sp³-hybridized carbons (Fsp3) is 0.333. The molecular weight excluding hydrogens is 283 g/mol. The monoisotopic (exact) mass is 299 g/mol. The number of thiophene rings is 1. The van der Waals surface area contributed by atoms with E-state index in [4.69, 9.17) is 0 Å². The molecule has 0 spiro atoms. The molecule has 0 amide bonds. The van der Waals surface area contributed by atoms with Crippen molar-refractivity contribution in [2.45, 2.75) is 32.6 Å². The summed E-state index contributed by atoms with van der Waals surface area (Å²) in [6, 6.07) is 9.69. The molecule has 1 aromatic heterocycles. The number of hydrogen-bond acceptors (Lipinski definition) is 2. The van der Waals surface area contributed by atoms with E-state index in [0.717, 1.165) is 10.9 Å². The lowest BCUT2D eigenvalue weighted by molar-refractivity contribution is -0.137. The van der Waals surface area contributed by atoms with E-state index in [9.17, 15) is 13.2 Å². The summed E-state index contributed by atoms with van der Waals surface area (Å²) in [7, 11) is 0. The minimum absolute atomic E-state index is 0.251. The molecule has 0 unspecified atom stereocenters. The zero-order chi connectivity index (χ0) is 14.8. The van der Waals surface area contributed by atoms with Crippen LogP contribution in [-0.4, -0.2) is 6.04 Å². The van der Waals surface area contributed by atoms with Gasteiger partial charge in [0.15, 0.2) is 0 Å². The molecule has 108 valence electrons. The zero-order valence-electron chi connectivity index (χ0n) is 11.3. The lowest BCUT2D eigenvalue weighted by Crippen LogP contribution is -2.21. The third-order valence-electron chi connectivity index (χ3n) is 2.84. The highest BCUT2D eigenvalue weighted by molar-refractivity contribution is 7.15. The first kappa shape index (κ1) is 15.1. The predicted octanol–water partition coefficient (Wildman–Crippen LogP) is 4.93. The van der Waals surface area contributed by atoms with Gasteiger partial charge in [0.25, 0.3) is 0 Å². The Morgan fingerprint density at radius 1 is 1.10 bits per heavy atom. The fourth-order valence-electron chi connectivity index (χ4n) is 1.87. The van der Waals surface area contributed by atoms with Crippen LogP contribution in [0.25, 0.3) is 10.4 Å². The van der Waals surface area contributed by atoms with Gasteiger partial charge in [-0.3, -0.25) is 0 Å². The SMILES string of the molecule is CC(C)NCc1ccc(-c2ccccc2C(F)(F)F)s1. The zero-order valence-corrected chi connectivity index (χ0v) is 12.1. The number of nitrogens with one attached hydrogen (secondary N) is 1. The van der Waals surface area contributed by atoms with Crippen molar-refractivity contribution in [1.29, 1.82) is 0 Å². The van der Waals surface area contributed by atoms with Crippen LogP contribution in [0.15, 0.2) is 36.4 Å². The van der Waals surface area contributed by atoms with Crippen molar-refractivity contribution in [2.75, 3.05) is 0 Å². The largest absolute Gasteiger partial charge is 0.417 e. The number of rotatable bonds is 4. The molecule has 0 aliphatic rings. The Kier molecular flexibility index (Phi) is 4.50. The van der Waals surface area contributed by atoms with Gasteiger partial charge in [0.2, 0.25) is 0 Å². The molecule has 0 saturated carbocycles. The van der Waals surface area contributed by atoms with Crippen molar-refractivity contribution in [3.8, 4) is 10.4 Å². The predicted molar refractivity (Wildman–Crippen MR) is 76.7 cm³/mol. The van der Waals surface area contributed by atoms with Gasteiger partial charge in [0.05, 0.1) is 5.56 Å². The Balaban J connectivity index is 2.29. The van der Waals surface area contributed by atoms with Crippen molar-refractivity contribution in [3.63, 3.8) is 0 Å². The second-order valence-corrected chi connectivity index (χ2v) is 6.01. The molecule has 0 aliphatic heterocycles. The van der Waals surface area contributed by atoms with Gasteiger partial charge >= 0.3 is 6.18 Å². The minimum atomic E-state index is -4.32. The number of alkyl halides is 3. The molecule has 1 aromatic carbocycles. The van der Waals surface area contributed by atoms with Gasteiger partial charge < -0.3 is 5.32 Å². The van der Waals surface area contributed by atoms with Gasteiger partial charge in [-0.25, -0.2) is 0 Å². The van der Waals surface area contributed by atoms with Gasteiger partial charge in [0.1, 0.15) is 0 Å². The molecule has 1 nitrogen and oxygen atoms in total. The highest BCUT2D eigenvalue weighted by Crippen LogP contribution is 2.39. The first-order chi connectivity index (χ1) is 9.38. The van der Waals surface area contributed by atoms with Crippen LogP contribution in [0, 0.1) is 0 Å². The summed E-state index contributed by atoms with van der Waals surface area (Å²) in [5.41, 5.74) is -0.328. The van der Waals surface area contributed by atoms with Crippen LogP contribution in [0.5, 0.6) is 0 Å². The van der Waals surface area contributed by atoms with E-state index < -0.39 is 11.7 Å². The van der Waals surface area contributed by atoms with Crippen LogP contribution in [-0.2, 0) is 12.7 Å². The van der Waals surface area contributed by atoms with E-state index in [2.05, 4.69) is 5.32 Å². The summed E-state index contributed by atoms with van der Waals surface area (Å²) >= 11 is 1.40. The third-order valence-corrected chi connectivity index (χ3v) is 3.96. The van der Waals surface area contributed by atoms with E-state index in [1.165, 1.54) is 23.5 Å². The highest BCUT2D eigenvalue weighted by Gasteiger charge is 2.33. The first-order valence-electron chi connectivity index (χ1n) is 6.36. The van der Waals surface area contributed by atoms with E-state index in [1.54, 1.807) is 12.1 Å².